The van der Waals surface area contributed by atoms with Gasteiger partial charge in [-0.1, -0.05) is 6.07 Å². The van der Waals surface area contributed by atoms with Gasteiger partial charge in [0.1, 0.15) is 5.75 Å². The molecule has 2 heterocycles. The van der Waals surface area contributed by atoms with Crippen molar-refractivity contribution in [3.05, 3.63) is 24.3 Å². The number of amides is 1. The fraction of sp³-hybridized carbons (Fsp3) is 0.667. The Labute approximate surface area is 157 Å². The summed E-state index contributed by atoms with van der Waals surface area (Å²) in [6.45, 7) is 10.5. The highest BCUT2D eigenvalue weighted by atomic mass is 16.5. The van der Waals surface area contributed by atoms with Gasteiger partial charge < -0.3 is 19.4 Å². The van der Waals surface area contributed by atoms with Crippen LogP contribution in [0.15, 0.2) is 24.3 Å². The summed E-state index contributed by atoms with van der Waals surface area (Å²) >= 11 is 0. The number of quaternary nitrogens is 1. The first-order chi connectivity index (χ1) is 12.5. The standard InChI is InChI=1S/C21H33N3O2/c1-16-7-5-8-17(2)24(16)21(25)18(3)22-11-13-23(14-12-22)19-9-6-10-20(15-19)26-4/h6,9-10,15-18H,5,7-8,11-14H2,1-4H3/p+1/t16-,17+,18-/m1/s1. The molecule has 2 saturated heterocycles. The summed E-state index contributed by atoms with van der Waals surface area (Å²) < 4.78 is 5.34. The van der Waals surface area contributed by atoms with Crippen LogP contribution in [0.4, 0.5) is 5.69 Å². The first kappa shape index (κ1) is 19.0. The third-order valence-electron chi connectivity index (χ3n) is 6.25. The zero-order chi connectivity index (χ0) is 18.7. The van der Waals surface area contributed by atoms with E-state index in [1.807, 2.05) is 12.1 Å². The molecule has 0 aliphatic carbocycles. The second-order valence-electron chi connectivity index (χ2n) is 7.94. The smallest absolute Gasteiger partial charge is 0.281 e. The van der Waals surface area contributed by atoms with Crippen molar-refractivity contribution in [2.24, 2.45) is 0 Å². The summed E-state index contributed by atoms with van der Waals surface area (Å²) in [5, 5.41) is 0. The van der Waals surface area contributed by atoms with Gasteiger partial charge in [0.2, 0.25) is 0 Å². The number of piperidine rings is 1. The molecule has 0 spiro atoms. The Kier molecular flexibility index (Phi) is 6.07. The lowest BCUT2D eigenvalue weighted by atomic mass is 9.96. The van der Waals surface area contributed by atoms with Crippen LogP contribution in [-0.4, -0.2) is 62.2 Å². The van der Waals surface area contributed by atoms with Crippen molar-refractivity contribution >= 4 is 11.6 Å². The number of ether oxygens (including phenoxy) is 1. The van der Waals surface area contributed by atoms with E-state index in [0.29, 0.717) is 18.0 Å². The van der Waals surface area contributed by atoms with Gasteiger partial charge in [-0.05, 0) is 52.2 Å². The molecule has 1 aromatic carbocycles. The first-order valence-corrected chi connectivity index (χ1v) is 10.1. The number of nitrogens with zero attached hydrogens (tertiary/aromatic N) is 2. The molecule has 0 unspecified atom stereocenters. The van der Waals surface area contributed by atoms with E-state index >= 15 is 0 Å². The molecule has 26 heavy (non-hydrogen) atoms. The predicted octanol–water partition coefficient (Wildman–Crippen LogP) is 1.58. The molecule has 3 rings (SSSR count). The van der Waals surface area contributed by atoms with E-state index < -0.39 is 0 Å². The van der Waals surface area contributed by atoms with Crippen LogP contribution < -0.4 is 14.5 Å². The fourth-order valence-electron chi connectivity index (χ4n) is 4.55. The first-order valence-electron chi connectivity index (χ1n) is 10.1. The summed E-state index contributed by atoms with van der Waals surface area (Å²) in [6, 6.07) is 9.06. The second-order valence-corrected chi connectivity index (χ2v) is 7.94. The maximum atomic E-state index is 13.1. The minimum Gasteiger partial charge on any atom is -0.497 e. The van der Waals surface area contributed by atoms with Gasteiger partial charge in [-0.3, -0.25) is 4.79 Å². The molecule has 2 fully saturated rings. The van der Waals surface area contributed by atoms with E-state index in [2.05, 4.69) is 42.7 Å². The van der Waals surface area contributed by atoms with E-state index in [1.54, 1.807) is 7.11 Å². The van der Waals surface area contributed by atoms with Gasteiger partial charge in [0.05, 0.1) is 33.3 Å². The van der Waals surface area contributed by atoms with Crippen LogP contribution in [0, 0.1) is 0 Å². The molecule has 1 N–H and O–H groups in total. The molecule has 144 valence electrons. The van der Waals surface area contributed by atoms with Gasteiger partial charge in [0, 0.05) is 23.8 Å². The molecule has 0 aromatic heterocycles. The van der Waals surface area contributed by atoms with Crippen LogP contribution in [0.2, 0.25) is 0 Å². The average molecular weight is 361 g/mol. The SMILES string of the molecule is COc1cccc(N2CC[NH+]([C@H](C)C(=O)N3[C@H](C)CCC[C@@H]3C)CC2)c1. The normalized spacial score (nSPS) is 25.8. The van der Waals surface area contributed by atoms with Crippen LogP contribution in [0.5, 0.6) is 5.75 Å². The molecule has 0 bridgehead atoms. The highest BCUT2D eigenvalue weighted by Crippen LogP contribution is 2.23. The van der Waals surface area contributed by atoms with Crippen LogP contribution in [-0.2, 0) is 4.79 Å². The number of carbonyl (C=O) groups excluding carboxylic acids is 1. The van der Waals surface area contributed by atoms with E-state index in [0.717, 1.165) is 44.8 Å². The van der Waals surface area contributed by atoms with Crippen LogP contribution in [0.3, 0.4) is 0 Å². The number of nitrogens with one attached hydrogen (secondary N) is 1. The van der Waals surface area contributed by atoms with Gasteiger partial charge in [0.25, 0.3) is 5.91 Å². The lowest BCUT2D eigenvalue weighted by molar-refractivity contribution is -0.915. The maximum Gasteiger partial charge on any atom is 0.281 e. The van der Waals surface area contributed by atoms with Crippen molar-refractivity contribution in [1.82, 2.24) is 4.90 Å². The molecule has 0 radical (unpaired) electrons. The number of anilines is 1. The van der Waals surface area contributed by atoms with Gasteiger partial charge in [-0.15, -0.1) is 0 Å². The Balaban J connectivity index is 1.59. The van der Waals surface area contributed by atoms with Crippen molar-refractivity contribution in [2.45, 2.75) is 58.2 Å². The Morgan fingerprint density at radius 2 is 1.85 bits per heavy atom. The summed E-state index contributed by atoms with van der Waals surface area (Å²) in [4.78, 5) is 19.1. The van der Waals surface area contributed by atoms with E-state index in [4.69, 9.17) is 4.74 Å². The average Bonchev–Trinajstić information content (AvgIpc) is 2.67. The quantitative estimate of drug-likeness (QED) is 0.886. The topological polar surface area (TPSA) is 37.2 Å². The molecule has 0 saturated carbocycles. The third-order valence-corrected chi connectivity index (χ3v) is 6.25. The largest absolute Gasteiger partial charge is 0.497 e. The van der Waals surface area contributed by atoms with Gasteiger partial charge in [-0.25, -0.2) is 0 Å². The van der Waals surface area contributed by atoms with E-state index in [-0.39, 0.29) is 6.04 Å². The number of methoxy groups -OCH3 is 1. The molecule has 1 amide bonds. The Morgan fingerprint density at radius 1 is 1.19 bits per heavy atom. The number of piperazine rings is 1. The van der Waals surface area contributed by atoms with Crippen molar-refractivity contribution < 1.29 is 14.4 Å². The van der Waals surface area contributed by atoms with Crippen LogP contribution in [0.1, 0.15) is 40.0 Å². The zero-order valence-corrected chi connectivity index (χ0v) is 16.7. The zero-order valence-electron chi connectivity index (χ0n) is 16.7. The number of carbonyl (C=O) groups is 1. The van der Waals surface area contributed by atoms with Crippen molar-refractivity contribution in [3.63, 3.8) is 0 Å². The van der Waals surface area contributed by atoms with Gasteiger partial charge >= 0.3 is 0 Å². The Bertz CT molecular complexity index is 603. The predicted molar refractivity (Wildman–Crippen MR) is 105 cm³/mol. The molecular weight excluding hydrogens is 326 g/mol. The highest BCUT2D eigenvalue weighted by Gasteiger charge is 2.37. The highest BCUT2D eigenvalue weighted by molar-refractivity contribution is 5.80. The van der Waals surface area contributed by atoms with Crippen LogP contribution >= 0.6 is 0 Å². The van der Waals surface area contributed by atoms with E-state index in [1.165, 1.54) is 17.0 Å². The fourth-order valence-corrected chi connectivity index (χ4v) is 4.55. The molecule has 2 aliphatic rings. The van der Waals surface area contributed by atoms with Crippen LogP contribution in [0.25, 0.3) is 0 Å². The lowest BCUT2D eigenvalue weighted by Gasteiger charge is -2.42. The summed E-state index contributed by atoms with van der Waals surface area (Å²) in [5.74, 6) is 1.24. The Morgan fingerprint density at radius 3 is 2.46 bits per heavy atom. The minimum absolute atomic E-state index is 0.0467. The number of rotatable bonds is 4. The molecule has 1 aromatic rings. The number of hydrogen-bond donors (Lipinski definition) is 1. The summed E-state index contributed by atoms with van der Waals surface area (Å²) in [6.07, 6.45) is 3.52. The number of likely N-dealkylation sites (tertiary alicyclic amines) is 1. The number of benzene rings is 1. The van der Waals surface area contributed by atoms with Gasteiger partial charge in [0.15, 0.2) is 6.04 Å². The minimum atomic E-state index is 0.0467. The second kappa shape index (κ2) is 8.30. The Hall–Kier alpha value is -1.75. The van der Waals surface area contributed by atoms with Gasteiger partial charge in [-0.2, -0.15) is 0 Å². The summed E-state index contributed by atoms with van der Waals surface area (Å²) in [7, 11) is 1.71. The van der Waals surface area contributed by atoms with E-state index in [9.17, 15) is 4.79 Å². The molecule has 5 heteroatoms. The van der Waals surface area contributed by atoms with Crippen molar-refractivity contribution in [3.8, 4) is 5.75 Å². The summed E-state index contributed by atoms with van der Waals surface area (Å²) in [5.41, 5.74) is 1.21. The van der Waals surface area contributed by atoms with Crippen molar-refractivity contribution in [1.29, 1.82) is 0 Å². The maximum absolute atomic E-state index is 13.1. The monoisotopic (exact) mass is 360 g/mol. The number of hydrogen-bond acceptors (Lipinski definition) is 3. The molecule has 3 atom stereocenters. The van der Waals surface area contributed by atoms with Crippen molar-refractivity contribution in [2.75, 3.05) is 38.2 Å². The lowest BCUT2D eigenvalue weighted by Crippen LogP contribution is -3.19. The molecule has 5 nitrogen and oxygen atoms in total. The third kappa shape index (κ3) is 3.98. The molecule has 2 aliphatic heterocycles. The molecular formula is C21H34N3O2+.